The molecule has 0 aromatic heterocycles. The number of rotatable bonds is 4. The second-order valence-corrected chi connectivity index (χ2v) is 8.87. The Kier molecular flexibility index (Phi) is 5.61. The molecule has 3 aromatic rings. The minimum absolute atomic E-state index is 0.0868. The summed E-state index contributed by atoms with van der Waals surface area (Å²) < 4.78 is 38.9. The largest absolute Gasteiger partial charge is 0.416 e. The fraction of sp³-hybridized carbons (Fsp3) is 0.200. The Balaban J connectivity index is 1.53. The summed E-state index contributed by atoms with van der Waals surface area (Å²) in [6.07, 6.45) is -3.64. The maximum absolute atomic E-state index is 13.5. The first-order valence-electron chi connectivity index (χ1n) is 10.5. The van der Waals surface area contributed by atoms with E-state index in [0.29, 0.717) is 5.69 Å². The van der Waals surface area contributed by atoms with Gasteiger partial charge in [0.05, 0.1) is 23.0 Å². The number of hydroxylamine groups is 1. The number of carbonyl (C=O) groups excluding carboxylic acids is 2. The quantitative estimate of drug-likeness (QED) is 0.363. The molecule has 2 amide bonds. The standard InChI is InChI=1S/C25H19F3N2O3S/c1-34-19-13-7-15(8-14-19)21-20-22(33-30(21)18-5-3-2-4-6-18)24(32)29(23(20)31)17-11-9-16(10-12-17)25(26,27)28/h2-14,20-22H,1H3. The Morgan fingerprint density at radius 1 is 0.824 bits per heavy atom. The van der Waals surface area contributed by atoms with Crippen LogP contribution in [-0.2, 0) is 20.6 Å². The Labute approximate surface area is 198 Å². The summed E-state index contributed by atoms with van der Waals surface area (Å²) in [5.41, 5.74) is 0.722. The lowest BCUT2D eigenvalue weighted by atomic mass is 9.90. The minimum Gasteiger partial charge on any atom is -0.273 e. The lowest BCUT2D eigenvalue weighted by molar-refractivity contribution is -0.137. The third-order valence-electron chi connectivity index (χ3n) is 6.04. The molecule has 2 saturated heterocycles. The predicted molar refractivity (Wildman–Crippen MR) is 122 cm³/mol. The van der Waals surface area contributed by atoms with E-state index in [4.69, 9.17) is 4.84 Å². The van der Waals surface area contributed by atoms with Crippen LogP contribution >= 0.6 is 11.8 Å². The number of hydrogen-bond acceptors (Lipinski definition) is 5. The van der Waals surface area contributed by atoms with Crippen molar-refractivity contribution < 1.29 is 27.6 Å². The van der Waals surface area contributed by atoms with Crippen molar-refractivity contribution in [3.8, 4) is 0 Å². The smallest absolute Gasteiger partial charge is 0.273 e. The molecule has 3 aromatic carbocycles. The summed E-state index contributed by atoms with van der Waals surface area (Å²) >= 11 is 1.58. The highest BCUT2D eigenvalue weighted by molar-refractivity contribution is 7.98. The van der Waals surface area contributed by atoms with E-state index in [1.165, 1.54) is 0 Å². The predicted octanol–water partition coefficient (Wildman–Crippen LogP) is 5.48. The molecule has 9 heteroatoms. The van der Waals surface area contributed by atoms with Crippen molar-refractivity contribution >= 4 is 35.0 Å². The molecular formula is C25H19F3N2O3S. The summed E-state index contributed by atoms with van der Waals surface area (Å²) in [4.78, 5) is 34.8. The van der Waals surface area contributed by atoms with Crippen molar-refractivity contribution in [3.05, 3.63) is 90.0 Å². The topological polar surface area (TPSA) is 49.9 Å². The normalized spacial score (nSPS) is 22.4. The van der Waals surface area contributed by atoms with E-state index in [2.05, 4.69) is 0 Å². The third kappa shape index (κ3) is 3.74. The Bertz CT molecular complexity index is 1220. The summed E-state index contributed by atoms with van der Waals surface area (Å²) in [6, 6.07) is 20.2. The molecule has 5 rings (SSSR count). The van der Waals surface area contributed by atoms with Crippen molar-refractivity contribution in [1.82, 2.24) is 0 Å². The van der Waals surface area contributed by atoms with Crippen LogP contribution in [0.4, 0.5) is 24.5 Å². The molecule has 0 N–H and O–H groups in total. The van der Waals surface area contributed by atoms with E-state index < -0.39 is 41.6 Å². The molecule has 5 nitrogen and oxygen atoms in total. The zero-order valence-corrected chi connectivity index (χ0v) is 18.7. The van der Waals surface area contributed by atoms with Crippen LogP contribution in [0.5, 0.6) is 0 Å². The molecule has 2 heterocycles. The van der Waals surface area contributed by atoms with E-state index in [1.807, 2.05) is 60.9 Å². The van der Waals surface area contributed by atoms with Gasteiger partial charge in [-0.15, -0.1) is 11.8 Å². The molecule has 174 valence electrons. The minimum atomic E-state index is -4.51. The van der Waals surface area contributed by atoms with Gasteiger partial charge in [0.2, 0.25) is 5.91 Å². The van der Waals surface area contributed by atoms with Gasteiger partial charge in [-0.25, -0.2) is 9.96 Å². The van der Waals surface area contributed by atoms with Gasteiger partial charge in [-0.1, -0.05) is 30.3 Å². The molecule has 0 aliphatic carbocycles. The van der Waals surface area contributed by atoms with E-state index in [-0.39, 0.29) is 5.69 Å². The van der Waals surface area contributed by atoms with Crippen LogP contribution in [0.2, 0.25) is 0 Å². The van der Waals surface area contributed by atoms with Crippen LogP contribution in [0.3, 0.4) is 0 Å². The van der Waals surface area contributed by atoms with Crippen LogP contribution in [0, 0.1) is 5.92 Å². The second-order valence-electron chi connectivity index (χ2n) is 7.99. The van der Waals surface area contributed by atoms with E-state index in [0.717, 1.165) is 39.6 Å². The Morgan fingerprint density at radius 3 is 2.06 bits per heavy atom. The monoisotopic (exact) mass is 484 g/mol. The highest BCUT2D eigenvalue weighted by Gasteiger charge is 2.60. The Morgan fingerprint density at radius 2 is 1.47 bits per heavy atom. The number of imide groups is 1. The lowest BCUT2D eigenvalue weighted by Gasteiger charge is -2.29. The van der Waals surface area contributed by atoms with Crippen LogP contribution in [-0.4, -0.2) is 24.2 Å². The van der Waals surface area contributed by atoms with Crippen LogP contribution in [0.1, 0.15) is 17.2 Å². The summed E-state index contributed by atoms with van der Waals surface area (Å²) in [5.74, 6) is -1.96. The van der Waals surface area contributed by atoms with Crippen LogP contribution in [0.25, 0.3) is 0 Å². The van der Waals surface area contributed by atoms with E-state index in [9.17, 15) is 22.8 Å². The number of hydrogen-bond donors (Lipinski definition) is 0. The van der Waals surface area contributed by atoms with Gasteiger partial charge in [0.15, 0.2) is 6.10 Å². The van der Waals surface area contributed by atoms with Crippen molar-refractivity contribution in [2.24, 2.45) is 5.92 Å². The summed E-state index contributed by atoms with van der Waals surface area (Å²) in [7, 11) is 0. The fourth-order valence-corrected chi connectivity index (χ4v) is 4.82. The highest BCUT2D eigenvalue weighted by Crippen LogP contribution is 2.47. The number of halogens is 3. The van der Waals surface area contributed by atoms with Crippen molar-refractivity contribution in [2.45, 2.75) is 23.2 Å². The van der Waals surface area contributed by atoms with Gasteiger partial charge in [-0.3, -0.25) is 14.4 Å². The van der Waals surface area contributed by atoms with Gasteiger partial charge < -0.3 is 0 Å². The molecule has 2 aliphatic heterocycles. The molecular weight excluding hydrogens is 465 g/mol. The Hall–Kier alpha value is -3.30. The average molecular weight is 484 g/mol. The summed E-state index contributed by atoms with van der Waals surface area (Å²) in [5, 5.41) is 1.59. The number of para-hydroxylation sites is 1. The number of anilines is 2. The number of thioether (sulfide) groups is 1. The van der Waals surface area contributed by atoms with Gasteiger partial charge in [0.25, 0.3) is 5.91 Å². The molecule has 3 atom stereocenters. The van der Waals surface area contributed by atoms with Crippen molar-refractivity contribution in [1.29, 1.82) is 0 Å². The van der Waals surface area contributed by atoms with Gasteiger partial charge in [0, 0.05) is 4.90 Å². The van der Waals surface area contributed by atoms with Crippen LogP contribution in [0.15, 0.2) is 83.8 Å². The van der Waals surface area contributed by atoms with E-state index in [1.54, 1.807) is 16.8 Å². The van der Waals surface area contributed by atoms with Crippen LogP contribution < -0.4 is 9.96 Å². The lowest BCUT2D eigenvalue weighted by Crippen LogP contribution is -2.37. The van der Waals surface area contributed by atoms with Crippen molar-refractivity contribution in [2.75, 3.05) is 16.2 Å². The van der Waals surface area contributed by atoms with Gasteiger partial charge >= 0.3 is 6.18 Å². The molecule has 0 bridgehead atoms. The average Bonchev–Trinajstić information content (AvgIpc) is 3.35. The number of alkyl halides is 3. The number of amides is 2. The zero-order valence-electron chi connectivity index (χ0n) is 17.9. The first-order valence-corrected chi connectivity index (χ1v) is 11.7. The van der Waals surface area contributed by atoms with Gasteiger partial charge in [-0.2, -0.15) is 13.2 Å². The molecule has 2 fully saturated rings. The first-order chi connectivity index (χ1) is 16.3. The molecule has 34 heavy (non-hydrogen) atoms. The second kappa shape index (κ2) is 8.48. The highest BCUT2D eigenvalue weighted by atomic mass is 32.2. The maximum Gasteiger partial charge on any atom is 0.416 e. The maximum atomic E-state index is 13.5. The molecule has 0 saturated carbocycles. The van der Waals surface area contributed by atoms with Gasteiger partial charge in [0.1, 0.15) is 5.92 Å². The number of benzene rings is 3. The SMILES string of the molecule is CSc1ccc(C2C3C(=O)N(c4ccc(C(F)(F)F)cc4)C(=O)C3ON2c2ccccc2)cc1. The van der Waals surface area contributed by atoms with E-state index >= 15 is 0 Å². The van der Waals surface area contributed by atoms with Crippen molar-refractivity contribution in [3.63, 3.8) is 0 Å². The number of fused-ring (bicyclic) bond motifs is 1. The fourth-order valence-electron chi connectivity index (χ4n) is 4.41. The number of nitrogens with zero attached hydrogens (tertiary/aromatic N) is 2. The zero-order chi connectivity index (χ0) is 24.0. The molecule has 0 radical (unpaired) electrons. The molecule has 0 spiro atoms. The summed E-state index contributed by atoms with van der Waals surface area (Å²) in [6.45, 7) is 0. The number of carbonyl (C=O) groups is 2. The third-order valence-corrected chi connectivity index (χ3v) is 6.78. The molecule has 3 unspecified atom stereocenters. The van der Waals surface area contributed by atoms with Gasteiger partial charge in [-0.05, 0) is 60.4 Å². The molecule has 2 aliphatic rings. The first kappa shape index (κ1) is 22.5.